The Bertz CT molecular complexity index is 406. The molecule has 2 rings (SSSR count). The molecule has 1 aromatic carbocycles. The fourth-order valence-electron chi connectivity index (χ4n) is 1.58. The number of aromatic amines is 1. The first kappa shape index (κ1) is 8.30. The minimum Gasteiger partial charge on any atom is -0.278 e. The standard InChI is InChI=1S/C11H14N2.H2/c1-8(2)5-9-3-4-10-7-12-13-11(10)6-9;/h3-4,6-8H,5H2,1-2H3,(H,12,13);1H. The molecule has 0 unspecified atom stereocenters. The predicted octanol–water partition coefficient (Wildman–Crippen LogP) is 3.01. The minimum absolute atomic E-state index is 0. The van der Waals surface area contributed by atoms with E-state index >= 15 is 0 Å². The first-order chi connectivity index (χ1) is 6.25. The summed E-state index contributed by atoms with van der Waals surface area (Å²) in [5.41, 5.74) is 2.52. The summed E-state index contributed by atoms with van der Waals surface area (Å²) >= 11 is 0. The fourth-order valence-corrected chi connectivity index (χ4v) is 1.58. The molecule has 0 aliphatic carbocycles. The fraction of sp³-hybridized carbons (Fsp3) is 0.364. The Morgan fingerprint density at radius 2 is 2.31 bits per heavy atom. The average Bonchev–Trinajstić information content (AvgIpc) is 2.49. The normalized spacial score (nSPS) is 11.3. The number of hydrogen-bond donors (Lipinski definition) is 1. The molecule has 1 heterocycles. The van der Waals surface area contributed by atoms with E-state index in [1.165, 1.54) is 10.9 Å². The molecule has 2 nitrogen and oxygen atoms in total. The van der Waals surface area contributed by atoms with E-state index in [9.17, 15) is 0 Å². The number of hydrogen-bond acceptors (Lipinski definition) is 1. The van der Waals surface area contributed by atoms with Crippen LogP contribution in [0.2, 0.25) is 0 Å². The third-order valence-corrected chi connectivity index (χ3v) is 2.15. The Balaban J connectivity index is 0.000000980. The van der Waals surface area contributed by atoms with Gasteiger partial charge in [0.25, 0.3) is 0 Å². The molecule has 70 valence electrons. The van der Waals surface area contributed by atoms with Crippen LogP contribution in [0.4, 0.5) is 0 Å². The van der Waals surface area contributed by atoms with Crippen molar-refractivity contribution in [3.05, 3.63) is 30.0 Å². The summed E-state index contributed by atoms with van der Waals surface area (Å²) in [4.78, 5) is 0. The maximum atomic E-state index is 4.00. The number of rotatable bonds is 2. The molecule has 0 saturated heterocycles. The molecule has 0 amide bonds. The van der Waals surface area contributed by atoms with E-state index in [4.69, 9.17) is 0 Å². The summed E-state index contributed by atoms with van der Waals surface area (Å²) in [6.45, 7) is 4.47. The number of fused-ring (bicyclic) bond motifs is 1. The van der Waals surface area contributed by atoms with Crippen LogP contribution in [-0.4, -0.2) is 10.2 Å². The molecular weight excluding hydrogens is 160 g/mol. The second kappa shape index (κ2) is 3.21. The zero-order chi connectivity index (χ0) is 9.26. The van der Waals surface area contributed by atoms with Gasteiger partial charge in [0.1, 0.15) is 0 Å². The molecule has 1 N–H and O–H groups in total. The smallest absolute Gasteiger partial charge is 0.0653 e. The van der Waals surface area contributed by atoms with Crippen molar-refractivity contribution in [1.29, 1.82) is 0 Å². The maximum Gasteiger partial charge on any atom is 0.0653 e. The van der Waals surface area contributed by atoms with Crippen LogP contribution in [0.1, 0.15) is 20.8 Å². The second-order valence-corrected chi connectivity index (χ2v) is 3.89. The van der Waals surface area contributed by atoms with E-state index in [1.54, 1.807) is 0 Å². The largest absolute Gasteiger partial charge is 0.278 e. The monoisotopic (exact) mass is 176 g/mol. The van der Waals surface area contributed by atoms with Crippen molar-refractivity contribution in [2.45, 2.75) is 20.3 Å². The lowest BCUT2D eigenvalue weighted by Gasteiger charge is -2.03. The summed E-state index contributed by atoms with van der Waals surface area (Å²) < 4.78 is 0. The van der Waals surface area contributed by atoms with Crippen LogP contribution in [0, 0.1) is 5.92 Å². The Labute approximate surface area is 79.5 Å². The molecule has 2 aromatic rings. The highest BCUT2D eigenvalue weighted by molar-refractivity contribution is 5.78. The van der Waals surface area contributed by atoms with Crippen molar-refractivity contribution in [2.75, 3.05) is 0 Å². The van der Waals surface area contributed by atoms with Crippen LogP contribution in [0.25, 0.3) is 10.9 Å². The number of benzene rings is 1. The summed E-state index contributed by atoms with van der Waals surface area (Å²) in [6, 6.07) is 6.48. The van der Waals surface area contributed by atoms with Gasteiger partial charge in [-0.3, -0.25) is 5.10 Å². The van der Waals surface area contributed by atoms with Gasteiger partial charge in [0.15, 0.2) is 0 Å². The van der Waals surface area contributed by atoms with Crippen LogP contribution in [0.3, 0.4) is 0 Å². The summed E-state index contributed by atoms with van der Waals surface area (Å²) in [5.74, 6) is 0.709. The van der Waals surface area contributed by atoms with Crippen molar-refractivity contribution < 1.29 is 1.43 Å². The predicted molar refractivity (Wildman–Crippen MR) is 56.7 cm³/mol. The van der Waals surface area contributed by atoms with Crippen LogP contribution in [0.5, 0.6) is 0 Å². The van der Waals surface area contributed by atoms with Gasteiger partial charge in [0.05, 0.1) is 11.7 Å². The SMILES string of the molecule is CC(C)Cc1ccc2cn[nH]c2c1.[HH]. The van der Waals surface area contributed by atoms with E-state index in [0.717, 1.165) is 11.9 Å². The third kappa shape index (κ3) is 1.72. The minimum atomic E-state index is 0. The van der Waals surface area contributed by atoms with Gasteiger partial charge in [0, 0.05) is 6.81 Å². The molecule has 0 bridgehead atoms. The number of H-pyrrole nitrogens is 1. The van der Waals surface area contributed by atoms with E-state index < -0.39 is 0 Å². The van der Waals surface area contributed by atoms with Crippen LogP contribution in [0.15, 0.2) is 24.4 Å². The van der Waals surface area contributed by atoms with E-state index in [0.29, 0.717) is 5.92 Å². The molecule has 0 fully saturated rings. The zero-order valence-corrected chi connectivity index (χ0v) is 8.04. The van der Waals surface area contributed by atoms with Crippen LogP contribution < -0.4 is 0 Å². The van der Waals surface area contributed by atoms with E-state index in [1.807, 2.05) is 6.20 Å². The van der Waals surface area contributed by atoms with Gasteiger partial charge in [-0.2, -0.15) is 5.10 Å². The topological polar surface area (TPSA) is 28.7 Å². The van der Waals surface area contributed by atoms with Gasteiger partial charge < -0.3 is 0 Å². The van der Waals surface area contributed by atoms with Crippen molar-refractivity contribution in [1.82, 2.24) is 10.2 Å². The molecular formula is C11H16N2. The Hall–Kier alpha value is -1.31. The van der Waals surface area contributed by atoms with Gasteiger partial charge in [-0.25, -0.2) is 0 Å². The van der Waals surface area contributed by atoms with Gasteiger partial charge in [-0.05, 0) is 24.0 Å². The van der Waals surface area contributed by atoms with Crippen molar-refractivity contribution in [2.24, 2.45) is 5.92 Å². The summed E-state index contributed by atoms with van der Waals surface area (Å²) in [6.07, 6.45) is 2.99. The summed E-state index contributed by atoms with van der Waals surface area (Å²) in [5, 5.41) is 8.17. The third-order valence-electron chi connectivity index (χ3n) is 2.15. The zero-order valence-electron chi connectivity index (χ0n) is 8.04. The van der Waals surface area contributed by atoms with Crippen LogP contribution in [-0.2, 0) is 6.42 Å². The molecule has 0 saturated carbocycles. The van der Waals surface area contributed by atoms with E-state index in [2.05, 4.69) is 42.2 Å². The number of nitrogens with zero attached hydrogens (tertiary/aromatic N) is 1. The maximum absolute atomic E-state index is 4.00. The van der Waals surface area contributed by atoms with Crippen molar-refractivity contribution in [3.63, 3.8) is 0 Å². The molecule has 1 aromatic heterocycles. The Morgan fingerprint density at radius 3 is 3.08 bits per heavy atom. The Morgan fingerprint density at radius 1 is 1.46 bits per heavy atom. The number of nitrogens with one attached hydrogen (secondary N) is 1. The molecule has 0 aliphatic rings. The first-order valence-corrected chi connectivity index (χ1v) is 4.68. The highest BCUT2D eigenvalue weighted by atomic mass is 15.1. The van der Waals surface area contributed by atoms with Gasteiger partial charge in [0.2, 0.25) is 0 Å². The van der Waals surface area contributed by atoms with Crippen molar-refractivity contribution >= 4 is 10.9 Å². The molecule has 0 atom stereocenters. The molecule has 13 heavy (non-hydrogen) atoms. The highest BCUT2D eigenvalue weighted by Gasteiger charge is 2.00. The first-order valence-electron chi connectivity index (χ1n) is 4.68. The lowest BCUT2D eigenvalue weighted by atomic mass is 10.0. The summed E-state index contributed by atoms with van der Waals surface area (Å²) in [7, 11) is 0. The highest BCUT2D eigenvalue weighted by Crippen LogP contribution is 2.15. The molecule has 0 radical (unpaired) electrons. The lowest BCUT2D eigenvalue weighted by Crippen LogP contribution is -1.93. The average molecular weight is 176 g/mol. The van der Waals surface area contributed by atoms with E-state index in [-0.39, 0.29) is 1.43 Å². The molecule has 0 aliphatic heterocycles. The van der Waals surface area contributed by atoms with Crippen LogP contribution >= 0.6 is 0 Å². The van der Waals surface area contributed by atoms with Gasteiger partial charge >= 0.3 is 0 Å². The Kier molecular flexibility index (Phi) is 2.05. The molecule has 2 heteroatoms. The molecule has 0 spiro atoms. The van der Waals surface area contributed by atoms with Gasteiger partial charge in [-0.15, -0.1) is 0 Å². The number of aromatic nitrogens is 2. The quantitative estimate of drug-likeness (QED) is 0.748. The lowest BCUT2D eigenvalue weighted by molar-refractivity contribution is 0.648. The van der Waals surface area contributed by atoms with Crippen molar-refractivity contribution in [3.8, 4) is 0 Å². The van der Waals surface area contributed by atoms with Gasteiger partial charge in [-0.1, -0.05) is 26.0 Å². The second-order valence-electron chi connectivity index (χ2n) is 3.89.